The fraction of sp³-hybridized carbons (Fsp3) is 0.364. The van der Waals surface area contributed by atoms with Gasteiger partial charge in [-0.3, -0.25) is 4.79 Å². The number of aromatic hydroxyl groups is 1. The Bertz CT molecular complexity index is 426. The Balaban J connectivity index is 3.07. The number of benzene rings is 1. The molecule has 0 saturated heterocycles. The molecular formula is C11H14BrClN2O2. The van der Waals surface area contributed by atoms with E-state index in [9.17, 15) is 9.90 Å². The Morgan fingerprint density at radius 2 is 2.29 bits per heavy atom. The third-order valence-electron chi connectivity index (χ3n) is 2.36. The second kappa shape index (κ2) is 6.23. The van der Waals surface area contributed by atoms with Crippen molar-refractivity contribution in [2.45, 2.75) is 19.4 Å². The Kier molecular flexibility index (Phi) is 5.24. The summed E-state index contributed by atoms with van der Waals surface area (Å²) in [7, 11) is 0. The van der Waals surface area contributed by atoms with Gasteiger partial charge in [-0.15, -0.1) is 0 Å². The topological polar surface area (TPSA) is 75.4 Å². The summed E-state index contributed by atoms with van der Waals surface area (Å²) in [5, 5.41) is 13.1. The SMILES string of the molecule is CCC(NC(=O)CN)c1cc(Cl)cc(Br)c1O. The third-order valence-corrected chi connectivity index (χ3v) is 3.18. The van der Waals surface area contributed by atoms with Crippen LogP contribution in [0.5, 0.6) is 5.75 Å². The summed E-state index contributed by atoms with van der Waals surface area (Å²) in [6.45, 7) is 1.81. The Morgan fingerprint density at radius 1 is 1.65 bits per heavy atom. The number of rotatable bonds is 4. The molecule has 1 rings (SSSR count). The first-order chi connectivity index (χ1) is 7.99. The first-order valence-corrected chi connectivity index (χ1v) is 6.34. The summed E-state index contributed by atoms with van der Waals surface area (Å²) < 4.78 is 0.500. The molecule has 0 aromatic heterocycles. The first-order valence-electron chi connectivity index (χ1n) is 5.16. The van der Waals surface area contributed by atoms with Crippen LogP contribution in [0.25, 0.3) is 0 Å². The molecule has 4 N–H and O–H groups in total. The number of hydrogen-bond donors (Lipinski definition) is 3. The van der Waals surface area contributed by atoms with Crippen LogP contribution < -0.4 is 11.1 Å². The summed E-state index contributed by atoms with van der Waals surface area (Å²) in [5.74, 6) is -0.189. The van der Waals surface area contributed by atoms with Gasteiger partial charge >= 0.3 is 0 Å². The maximum atomic E-state index is 11.3. The van der Waals surface area contributed by atoms with Crippen LogP contribution in [0.1, 0.15) is 24.9 Å². The van der Waals surface area contributed by atoms with E-state index in [1.54, 1.807) is 12.1 Å². The summed E-state index contributed by atoms with van der Waals surface area (Å²) in [6.07, 6.45) is 0.631. The minimum Gasteiger partial charge on any atom is -0.506 e. The lowest BCUT2D eigenvalue weighted by atomic mass is 10.0. The molecule has 1 amide bonds. The van der Waals surface area contributed by atoms with Crippen LogP contribution in [0.15, 0.2) is 16.6 Å². The van der Waals surface area contributed by atoms with E-state index in [4.69, 9.17) is 17.3 Å². The molecular weight excluding hydrogens is 307 g/mol. The van der Waals surface area contributed by atoms with Crippen LogP contribution in [-0.2, 0) is 4.79 Å². The molecule has 17 heavy (non-hydrogen) atoms. The van der Waals surface area contributed by atoms with Crippen molar-refractivity contribution in [1.82, 2.24) is 5.32 Å². The van der Waals surface area contributed by atoms with E-state index in [1.165, 1.54) is 0 Å². The number of nitrogens with two attached hydrogens (primary N) is 1. The predicted molar refractivity (Wildman–Crippen MR) is 71.0 cm³/mol. The van der Waals surface area contributed by atoms with Gasteiger partial charge in [0.2, 0.25) is 5.91 Å². The van der Waals surface area contributed by atoms with Gasteiger partial charge in [-0.2, -0.15) is 0 Å². The molecule has 0 aliphatic carbocycles. The van der Waals surface area contributed by atoms with Crippen molar-refractivity contribution >= 4 is 33.4 Å². The number of carbonyl (C=O) groups excluding carboxylic acids is 1. The van der Waals surface area contributed by atoms with Crippen molar-refractivity contribution in [3.8, 4) is 5.75 Å². The van der Waals surface area contributed by atoms with Crippen LogP contribution in [0.3, 0.4) is 0 Å². The van der Waals surface area contributed by atoms with Crippen LogP contribution in [0.4, 0.5) is 0 Å². The zero-order valence-corrected chi connectivity index (χ0v) is 11.7. The smallest absolute Gasteiger partial charge is 0.234 e. The molecule has 0 spiro atoms. The van der Waals surface area contributed by atoms with Gasteiger partial charge in [-0.1, -0.05) is 18.5 Å². The van der Waals surface area contributed by atoms with Gasteiger partial charge in [-0.25, -0.2) is 0 Å². The van der Waals surface area contributed by atoms with Crippen LogP contribution in [0.2, 0.25) is 5.02 Å². The lowest BCUT2D eigenvalue weighted by Gasteiger charge is -2.19. The van der Waals surface area contributed by atoms with E-state index >= 15 is 0 Å². The lowest BCUT2D eigenvalue weighted by molar-refractivity contribution is -0.120. The van der Waals surface area contributed by atoms with Gasteiger partial charge in [0.15, 0.2) is 0 Å². The Morgan fingerprint density at radius 3 is 2.82 bits per heavy atom. The first kappa shape index (κ1) is 14.3. The standard InChI is InChI=1S/C11H14BrClN2O2/c1-2-9(15-10(16)5-14)7-3-6(13)4-8(12)11(7)17/h3-4,9,17H,2,5,14H2,1H3,(H,15,16). The molecule has 1 unspecified atom stereocenters. The van der Waals surface area contributed by atoms with Gasteiger partial charge in [0.25, 0.3) is 0 Å². The molecule has 0 radical (unpaired) electrons. The molecule has 1 aromatic carbocycles. The second-order valence-corrected chi connectivity index (χ2v) is 4.85. The molecule has 0 heterocycles. The summed E-state index contributed by atoms with van der Waals surface area (Å²) in [4.78, 5) is 11.3. The average Bonchev–Trinajstić information content (AvgIpc) is 2.30. The van der Waals surface area contributed by atoms with E-state index in [2.05, 4.69) is 21.2 Å². The van der Waals surface area contributed by atoms with E-state index in [0.29, 0.717) is 21.5 Å². The van der Waals surface area contributed by atoms with Crippen molar-refractivity contribution in [3.63, 3.8) is 0 Å². The quantitative estimate of drug-likeness (QED) is 0.796. The van der Waals surface area contributed by atoms with Crippen molar-refractivity contribution in [2.75, 3.05) is 6.54 Å². The second-order valence-electron chi connectivity index (χ2n) is 3.56. The predicted octanol–water partition coefficient (Wildman–Crippen LogP) is 2.33. The summed E-state index contributed by atoms with van der Waals surface area (Å²) in [5.41, 5.74) is 5.82. The lowest BCUT2D eigenvalue weighted by Crippen LogP contribution is -2.33. The van der Waals surface area contributed by atoms with E-state index < -0.39 is 0 Å². The summed E-state index contributed by atoms with van der Waals surface area (Å²) in [6, 6.07) is 2.92. The number of carbonyl (C=O) groups is 1. The Hall–Kier alpha value is -0.780. The molecule has 0 aliphatic heterocycles. The van der Waals surface area contributed by atoms with Crippen molar-refractivity contribution < 1.29 is 9.90 Å². The van der Waals surface area contributed by atoms with E-state index in [-0.39, 0.29) is 24.2 Å². The number of hydrogen-bond acceptors (Lipinski definition) is 3. The maximum Gasteiger partial charge on any atom is 0.234 e. The van der Waals surface area contributed by atoms with Gasteiger partial charge in [0.05, 0.1) is 17.1 Å². The number of phenolic OH excluding ortho intramolecular Hbond substituents is 1. The molecule has 94 valence electrons. The third kappa shape index (κ3) is 3.59. The Labute approximate surface area is 113 Å². The number of nitrogens with one attached hydrogen (secondary N) is 1. The van der Waals surface area contributed by atoms with E-state index in [1.807, 2.05) is 6.92 Å². The summed E-state index contributed by atoms with van der Waals surface area (Å²) >= 11 is 9.12. The highest BCUT2D eigenvalue weighted by molar-refractivity contribution is 9.10. The normalized spacial score (nSPS) is 12.2. The van der Waals surface area contributed by atoms with E-state index in [0.717, 1.165) is 0 Å². The fourth-order valence-electron chi connectivity index (χ4n) is 1.50. The minimum absolute atomic E-state index is 0.0820. The number of halogens is 2. The zero-order valence-electron chi connectivity index (χ0n) is 9.34. The van der Waals surface area contributed by atoms with Gasteiger partial charge in [0.1, 0.15) is 5.75 Å². The van der Waals surface area contributed by atoms with Gasteiger partial charge in [0, 0.05) is 10.6 Å². The molecule has 4 nitrogen and oxygen atoms in total. The molecule has 1 aromatic rings. The van der Waals surface area contributed by atoms with Crippen molar-refractivity contribution in [2.24, 2.45) is 5.73 Å². The van der Waals surface area contributed by atoms with Crippen LogP contribution in [0, 0.1) is 0 Å². The highest BCUT2D eigenvalue weighted by Crippen LogP contribution is 2.36. The largest absolute Gasteiger partial charge is 0.506 e. The molecule has 0 saturated carbocycles. The molecule has 1 atom stereocenters. The fourth-order valence-corrected chi connectivity index (χ4v) is 2.34. The van der Waals surface area contributed by atoms with Gasteiger partial charge in [-0.05, 0) is 34.5 Å². The monoisotopic (exact) mass is 320 g/mol. The highest BCUT2D eigenvalue weighted by Gasteiger charge is 2.18. The van der Waals surface area contributed by atoms with Crippen molar-refractivity contribution in [3.05, 3.63) is 27.2 Å². The number of phenols is 1. The zero-order chi connectivity index (χ0) is 13.0. The molecule has 0 bridgehead atoms. The minimum atomic E-state index is -0.305. The van der Waals surface area contributed by atoms with Crippen LogP contribution in [-0.4, -0.2) is 17.6 Å². The average molecular weight is 322 g/mol. The van der Waals surface area contributed by atoms with Crippen molar-refractivity contribution in [1.29, 1.82) is 0 Å². The molecule has 0 fully saturated rings. The molecule has 0 aliphatic rings. The van der Waals surface area contributed by atoms with Crippen LogP contribution >= 0.6 is 27.5 Å². The maximum absolute atomic E-state index is 11.3. The van der Waals surface area contributed by atoms with Gasteiger partial charge < -0.3 is 16.2 Å². The molecule has 6 heteroatoms. The number of amides is 1. The highest BCUT2D eigenvalue weighted by atomic mass is 79.9.